The number of hydrogen-bond acceptors (Lipinski definition) is 10. The fourth-order valence-corrected chi connectivity index (χ4v) is 3.23. The molecule has 0 radical (unpaired) electrons. The van der Waals surface area contributed by atoms with Gasteiger partial charge in [-0.1, -0.05) is 0 Å². The van der Waals surface area contributed by atoms with Gasteiger partial charge in [0.15, 0.2) is 0 Å². The molecule has 0 aliphatic rings. The van der Waals surface area contributed by atoms with E-state index in [1.54, 1.807) is 24.3 Å². The average molecular weight is 569 g/mol. The minimum atomic E-state index is -1.14. The van der Waals surface area contributed by atoms with Crippen molar-refractivity contribution in [3.8, 4) is 0 Å². The summed E-state index contributed by atoms with van der Waals surface area (Å²) in [6.07, 6.45) is 1.03. The van der Waals surface area contributed by atoms with Crippen LogP contribution in [0.25, 0.3) is 0 Å². The smallest absolute Gasteiger partial charge is 0.326 e. The lowest BCUT2D eigenvalue weighted by atomic mass is 10.1. The number of carbonyl (C=O) groups excluding carboxylic acids is 4. The van der Waals surface area contributed by atoms with Crippen LogP contribution < -0.4 is 32.5 Å². The molecule has 0 fully saturated rings. The fourth-order valence-electron chi connectivity index (χ4n) is 3.23. The van der Waals surface area contributed by atoms with Gasteiger partial charge in [0.1, 0.15) is 12.6 Å². The number of carbonyl (C=O) groups is 5. The molecule has 40 heavy (non-hydrogen) atoms. The lowest BCUT2D eigenvalue weighted by Crippen LogP contribution is -2.40. The summed E-state index contributed by atoms with van der Waals surface area (Å²) >= 11 is 0. The molecule has 224 valence electrons. The third-order valence-electron chi connectivity index (χ3n) is 5.34. The molecule has 0 spiro atoms. The van der Waals surface area contributed by atoms with Gasteiger partial charge in [0.25, 0.3) is 5.91 Å². The molecule has 0 aliphatic carbocycles. The summed E-state index contributed by atoms with van der Waals surface area (Å²) in [7, 11) is 0. The lowest BCUT2D eigenvalue weighted by Gasteiger charge is -2.15. The highest BCUT2D eigenvalue weighted by Crippen LogP contribution is 2.10. The Hall–Kier alpha value is -3.79. The molecular formula is C25H40N6O9. The predicted octanol–water partition coefficient (Wildman–Crippen LogP) is -1.04. The molecule has 4 amide bonds. The molecule has 1 rings (SSSR count). The van der Waals surface area contributed by atoms with Crippen LogP contribution in [0, 0.1) is 0 Å². The normalized spacial score (nSPS) is 11.2. The number of nitrogens with two attached hydrogens (primary N) is 1. The van der Waals surface area contributed by atoms with Crippen LogP contribution in [-0.2, 0) is 28.7 Å². The van der Waals surface area contributed by atoms with Crippen molar-refractivity contribution >= 4 is 35.3 Å². The topological polar surface area (TPSA) is 230 Å². The number of hydroxylamine groups is 1. The maximum atomic E-state index is 12.4. The van der Waals surface area contributed by atoms with Gasteiger partial charge in [-0.15, -0.1) is 0 Å². The molecule has 0 saturated carbocycles. The Bertz CT molecular complexity index is 930. The number of amides is 4. The zero-order valence-corrected chi connectivity index (χ0v) is 22.4. The van der Waals surface area contributed by atoms with E-state index in [0.717, 1.165) is 5.69 Å². The van der Waals surface area contributed by atoms with Crippen molar-refractivity contribution < 1.29 is 43.8 Å². The Morgan fingerprint density at radius 3 is 2.17 bits per heavy atom. The molecule has 0 aromatic heterocycles. The molecule has 1 aromatic rings. The van der Waals surface area contributed by atoms with Gasteiger partial charge in [0.05, 0.1) is 19.8 Å². The number of ether oxygens (including phenoxy) is 2. The second-order valence-corrected chi connectivity index (χ2v) is 8.55. The van der Waals surface area contributed by atoms with Crippen LogP contribution in [0.3, 0.4) is 0 Å². The first-order valence-corrected chi connectivity index (χ1v) is 13.0. The Kier molecular flexibility index (Phi) is 18.0. The number of carboxylic acid groups (broad SMARTS) is 1. The zero-order chi connectivity index (χ0) is 29.6. The van der Waals surface area contributed by atoms with Gasteiger partial charge < -0.3 is 41.6 Å². The Labute approximate surface area is 232 Å². The Morgan fingerprint density at radius 2 is 1.50 bits per heavy atom. The number of aliphatic carboxylic acids is 1. The summed E-state index contributed by atoms with van der Waals surface area (Å²) in [4.78, 5) is 58.1. The number of rotatable bonds is 22. The van der Waals surface area contributed by atoms with E-state index >= 15 is 0 Å². The van der Waals surface area contributed by atoms with E-state index in [9.17, 15) is 29.1 Å². The molecule has 1 unspecified atom stereocenters. The molecule has 1 aromatic carbocycles. The molecule has 0 aliphatic heterocycles. The van der Waals surface area contributed by atoms with Gasteiger partial charge in [-0.25, -0.2) is 10.3 Å². The molecule has 15 heteroatoms. The first-order valence-electron chi connectivity index (χ1n) is 13.0. The first kappa shape index (κ1) is 34.2. The number of anilines is 1. The van der Waals surface area contributed by atoms with Crippen molar-refractivity contribution in [2.75, 3.05) is 57.9 Å². The van der Waals surface area contributed by atoms with E-state index in [4.69, 9.17) is 20.4 Å². The summed E-state index contributed by atoms with van der Waals surface area (Å²) < 4.78 is 10.5. The van der Waals surface area contributed by atoms with E-state index in [1.165, 1.54) is 5.48 Å². The summed E-state index contributed by atoms with van der Waals surface area (Å²) in [5, 5.41) is 28.6. The number of unbranched alkanes of at least 4 members (excludes halogenated alkanes) is 1. The van der Waals surface area contributed by atoms with Gasteiger partial charge in [-0.2, -0.15) is 0 Å². The van der Waals surface area contributed by atoms with Crippen molar-refractivity contribution in [3.63, 3.8) is 0 Å². The highest BCUT2D eigenvalue weighted by Gasteiger charge is 2.20. The maximum Gasteiger partial charge on any atom is 0.326 e. The minimum Gasteiger partial charge on any atom is -0.480 e. The summed E-state index contributed by atoms with van der Waals surface area (Å²) in [6, 6.07) is 5.58. The molecule has 0 saturated heterocycles. The molecule has 0 heterocycles. The monoisotopic (exact) mass is 568 g/mol. The quantitative estimate of drug-likeness (QED) is 0.0478. The molecule has 15 nitrogen and oxygen atoms in total. The van der Waals surface area contributed by atoms with Crippen LogP contribution in [-0.4, -0.2) is 98.6 Å². The van der Waals surface area contributed by atoms with Crippen LogP contribution in [0.5, 0.6) is 0 Å². The second kappa shape index (κ2) is 21.1. The highest BCUT2D eigenvalue weighted by atomic mass is 16.5. The van der Waals surface area contributed by atoms with Crippen LogP contribution in [0.2, 0.25) is 0 Å². The minimum absolute atomic E-state index is 0.0506. The number of benzene rings is 1. The summed E-state index contributed by atoms with van der Waals surface area (Å²) in [5.41, 5.74) is 8.03. The van der Waals surface area contributed by atoms with Crippen molar-refractivity contribution in [1.29, 1.82) is 0 Å². The predicted molar refractivity (Wildman–Crippen MR) is 144 cm³/mol. The van der Waals surface area contributed by atoms with Crippen LogP contribution in [0.1, 0.15) is 42.5 Å². The summed E-state index contributed by atoms with van der Waals surface area (Å²) in [5.74, 6) is -2.94. The molecule has 0 bridgehead atoms. The maximum absolute atomic E-state index is 12.4. The fraction of sp³-hybridized carbons (Fsp3) is 0.560. The Morgan fingerprint density at radius 1 is 0.825 bits per heavy atom. The molecule has 1 atom stereocenters. The molecular weight excluding hydrogens is 528 g/mol. The summed E-state index contributed by atoms with van der Waals surface area (Å²) in [6.45, 7) is 2.09. The van der Waals surface area contributed by atoms with Crippen molar-refractivity contribution in [2.45, 2.75) is 38.1 Å². The van der Waals surface area contributed by atoms with Crippen LogP contribution in [0.15, 0.2) is 24.3 Å². The number of nitrogens with one attached hydrogen (secondary N) is 5. The van der Waals surface area contributed by atoms with Gasteiger partial charge >= 0.3 is 5.97 Å². The third kappa shape index (κ3) is 16.2. The van der Waals surface area contributed by atoms with E-state index in [2.05, 4.69) is 21.3 Å². The highest BCUT2D eigenvalue weighted by molar-refractivity contribution is 5.96. The molecule has 9 N–H and O–H groups in total. The van der Waals surface area contributed by atoms with E-state index in [1.807, 2.05) is 0 Å². The SMILES string of the molecule is NCCNc1ccc(C(=O)NC(CCCCNC(=O)COCCOCCNC(=O)CCC(=O)NO)C(=O)O)cc1. The lowest BCUT2D eigenvalue weighted by molar-refractivity contribution is -0.139. The number of hydrogen-bond donors (Lipinski definition) is 8. The van der Waals surface area contributed by atoms with E-state index in [-0.39, 0.29) is 64.0 Å². The first-order chi connectivity index (χ1) is 19.3. The van der Waals surface area contributed by atoms with E-state index < -0.39 is 23.8 Å². The van der Waals surface area contributed by atoms with Crippen molar-refractivity contribution in [2.24, 2.45) is 5.73 Å². The standard InChI is InChI=1S/C25H40N6O9/c26-10-12-27-19-6-4-18(5-7-19)24(35)30-20(25(36)37)3-1-2-11-28-23(34)17-40-16-15-39-14-13-29-21(32)8-9-22(33)31-38/h4-7,20,27,38H,1-3,8-17,26H2,(H,28,34)(H,29,32)(H,30,35)(H,31,33)(H,36,37). The largest absolute Gasteiger partial charge is 0.480 e. The van der Waals surface area contributed by atoms with Gasteiger partial charge in [-0.05, 0) is 43.5 Å². The van der Waals surface area contributed by atoms with Gasteiger partial charge in [-0.3, -0.25) is 24.4 Å². The number of carboxylic acids is 1. The Balaban J connectivity index is 2.10. The van der Waals surface area contributed by atoms with Gasteiger partial charge in [0, 0.05) is 50.3 Å². The van der Waals surface area contributed by atoms with Crippen molar-refractivity contribution in [1.82, 2.24) is 21.4 Å². The third-order valence-corrected chi connectivity index (χ3v) is 5.34. The average Bonchev–Trinajstić information content (AvgIpc) is 2.95. The second-order valence-electron chi connectivity index (χ2n) is 8.55. The zero-order valence-electron chi connectivity index (χ0n) is 22.4. The van der Waals surface area contributed by atoms with Crippen LogP contribution >= 0.6 is 0 Å². The van der Waals surface area contributed by atoms with E-state index in [0.29, 0.717) is 38.0 Å². The van der Waals surface area contributed by atoms with Crippen molar-refractivity contribution in [3.05, 3.63) is 29.8 Å². The van der Waals surface area contributed by atoms with Crippen LogP contribution in [0.4, 0.5) is 5.69 Å². The van der Waals surface area contributed by atoms with Gasteiger partial charge in [0.2, 0.25) is 17.7 Å².